The minimum Gasteiger partial charge on any atom is -0.390 e. The van der Waals surface area contributed by atoms with Crippen molar-refractivity contribution in [2.45, 2.75) is 58.2 Å². The Kier molecular flexibility index (Phi) is 8.18. The van der Waals surface area contributed by atoms with Crippen LogP contribution in [0.25, 0.3) is 0 Å². The highest BCUT2D eigenvalue weighted by Crippen LogP contribution is 2.23. The lowest BCUT2D eigenvalue weighted by molar-refractivity contribution is 0.0841. The summed E-state index contributed by atoms with van der Waals surface area (Å²) in [6.07, 6.45) is 3.92. The first-order valence-electron chi connectivity index (χ1n) is 12.6. The van der Waals surface area contributed by atoms with Gasteiger partial charge in [0.15, 0.2) is 0 Å². The fourth-order valence-electron chi connectivity index (χ4n) is 5.23. The molecule has 2 aliphatic heterocycles. The van der Waals surface area contributed by atoms with E-state index in [2.05, 4.69) is 59.3 Å². The molecule has 0 saturated carbocycles. The number of aliphatic hydroxyl groups excluding tert-OH is 1. The molecule has 1 atom stereocenters. The first kappa shape index (κ1) is 23.9. The predicted octanol–water partition coefficient (Wildman–Crippen LogP) is 3.50. The summed E-state index contributed by atoms with van der Waals surface area (Å²) < 4.78 is 0. The van der Waals surface area contributed by atoms with Crippen molar-refractivity contribution in [1.82, 2.24) is 15.1 Å². The third kappa shape index (κ3) is 6.66. The van der Waals surface area contributed by atoms with Gasteiger partial charge in [0.05, 0.1) is 6.10 Å². The number of hydrogen-bond acceptors (Lipinski definition) is 4. The second kappa shape index (κ2) is 11.3. The lowest BCUT2D eigenvalue weighted by atomic mass is 9.89. The minimum atomic E-state index is -0.575. The van der Waals surface area contributed by atoms with Gasteiger partial charge in [-0.15, -0.1) is 0 Å². The van der Waals surface area contributed by atoms with E-state index < -0.39 is 6.10 Å². The molecule has 2 N–H and O–H groups in total. The number of rotatable bonds is 8. The number of β-amino-alcohol motifs (C(OH)–C–C–N with tert-alkyl or cyclic N) is 1. The number of piperidine rings is 1. The van der Waals surface area contributed by atoms with E-state index in [1.807, 2.05) is 18.2 Å². The van der Waals surface area contributed by atoms with Gasteiger partial charge in [0.2, 0.25) is 0 Å². The normalized spacial score (nSPS) is 18.8. The first-order chi connectivity index (χ1) is 16.0. The summed E-state index contributed by atoms with van der Waals surface area (Å²) >= 11 is 0. The molecule has 2 aromatic rings. The van der Waals surface area contributed by atoms with Gasteiger partial charge < -0.3 is 15.3 Å². The average molecular weight is 450 g/mol. The lowest BCUT2D eigenvalue weighted by Gasteiger charge is -2.34. The number of nitrogens with zero attached hydrogens (tertiary/aromatic N) is 2. The van der Waals surface area contributed by atoms with Crippen LogP contribution in [0, 0.1) is 5.92 Å². The molecule has 0 spiro atoms. The Morgan fingerprint density at radius 1 is 1.06 bits per heavy atom. The van der Waals surface area contributed by atoms with Crippen molar-refractivity contribution in [3.63, 3.8) is 0 Å². The molecule has 4 rings (SSSR count). The van der Waals surface area contributed by atoms with Crippen LogP contribution in [-0.2, 0) is 19.4 Å². The Morgan fingerprint density at radius 3 is 2.58 bits per heavy atom. The number of carbonyl (C=O) groups excluding carboxylic acids is 1. The molecule has 0 aromatic heterocycles. The number of hydrogen-bond donors (Lipinski definition) is 2. The van der Waals surface area contributed by atoms with Crippen LogP contribution < -0.4 is 5.32 Å². The molecular weight excluding hydrogens is 410 g/mol. The smallest absolute Gasteiger partial charge is 0.251 e. The molecule has 1 saturated heterocycles. The molecule has 1 unspecified atom stereocenters. The molecule has 0 aliphatic carbocycles. The van der Waals surface area contributed by atoms with Gasteiger partial charge in [-0.05, 0) is 87.4 Å². The second-order valence-electron chi connectivity index (χ2n) is 10.1. The zero-order chi connectivity index (χ0) is 23.2. The molecule has 2 heterocycles. The van der Waals surface area contributed by atoms with E-state index in [9.17, 15) is 9.90 Å². The molecule has 5 heteroatoms. The van der Waals surface area contributed by atoms with Crippen molar-refractivity contribution in [2.75, 3.05) is 32.7 Å². The van der Waals surface area contributed by atoms with Gasteiger partial charge in [0, 0.05) is 37.8 Å². The van der Waals surface area contributed by atoms with E-state index in [-0.39, 0.29) is 12.5 Å². The van der Waals surface area contributed by atoms with Crippen molar-refractivity contribution in [2.24, 2.45) is 5.92 Å². The number of likely N-dealkylation sites (tertiary alicyclic amines) is 1. The maximum absolute atomic E-state index is 12.7. The summed E-state index contributed by atoms with van der Waals surface area (Å²) in [5.74, 6) is 0.587. The van der Waals surface area contributed by atoms with E-state index in [0.717, 1.165) is 25.9 Å². The van der Waals surface area contributed by atoms with Gasteiger partial charge in [-0.2, -0.15) is 0 Å². The Morgan fingerprint density at radius 2 is 1.82 bits per heavy atom. The van der Waals surface area contributed by atoms with E-state index in [1.165, 1.54) is 42.6 Å². The Balaban J connectivity index is 1.23. The molecule has 2 aromatic carbocycles. The molecule has 5 nitrogen and oxygen atoms in total. The topological polar surface area (TPSA) is 55.8 Å². The SMILES string of the molecule is CC(C)N1CCC(Cc2cccc(C(=O)NCC(O)CN3CCc4ccccc4C3)c2)CC1. The Labute approximate surface area is 198 Å². The summed E-state index contributed by atoms with van der Waals surface area (Å²) in [7, 11) is 0. The summed E-state index contributed by atoms with van der Waals surface area (Å²) in [6.45, 7) is 9.53. The van der Waals surface area contributed by atoms with Crippen LogP contribution in [0.5, 0.6) is 0 Å². The van der Waals surface area contributed by atoms with Gasteiger partial charge in [0.1, 0.15) is 0 Å². The number of nitrogens with one attached hydrogen (secondary N) is 1. The van der Waals surface area contributed by atoms with Crippen LogP contribution in [0.4, 0.5) is 0 Å². The van der Waals surface area contributed by atoms with Gasteiger partial charge in [-0.3, -0.25) is 9.69 Å². The van der Waals surface area contributed by atoms with Crippen molar-refractivity contribution >= 4 is 5.91 Å². The van der Waals surface area contributed by atoms with Crippen molar-refractivity contribution in [1.29, 1.82) is 0 Å². The average Bonchev–Trinajstić information content (AvgIpc) is 2.83. The Bertz CT molecular complexity index is 921. The standard InChI is InChI=1S/C28H39N3O2/c1-21(2)31-14-10-22(11-15-31)16-23-6-5-9-25(17-23)28(33)29-18-27(32)20-30-13-12-24-7-3-4-8-26(24)19-30/h3-9,17,21-22,27,32H,10-16,18-20H2,1-2H3,(H,29,33). The quantitative estimate of drug-likeness (QED) is 0.648. The van der Waals surface area contributed by atoms with Crippen molar-refractivity contribution in [3.05, 3.63) is 70.8 Å². The lowest BCUT2D eigenvalue weighted by Crippen LogP contribution is -2.42. The highest BCUT2D eigenvalue weighted by molar-refractivity contribution is 5.94. The number of carbonyl (C=O) groups is 1. The monoisotopic (exact) mass is 449 g/mol. The zero-order valence-electron chi connectivity index (χ0n) is 20.2. The molecule has 33 heavy (non-hydrogen) atoms. The van der Waals surface area contributed by atoms with Gasteiger partial charge >= 0.3 is 0 Å². The van der Waals surface area contributed by atoms with E-state index >= 15 is 0 Å². The molecule has 0 bridgehead atoms. The summed E-state index contributed by atoms with van der Waals surface area (Å²) in [6, 6.07) is 17.1. The number of aliphatic hydroxyl groups is 1. The third-order valence-corrected chi connectivity index (χ3v) is 7.27. The largest absolute Gasteiger partial charge is 0.390 e. The van der Waals surface area contributed by atoms with E-state index in [0.29, 0.717) is 24.1 Å². The maximum atomic E-state index is 12.7. The van der Waals surface area contributed by atoms with Crippen molar-refractivity contribution < 1.29 is 9.90 Å². The van der Waals surface area contributed by atoms with Crippen LogP contribution in [0.2, 0.25) is 0 Å². The number of fused-ring (bicyclic) bond motifs is 1. The van der Waals surface area contributed by atoms with Crippen LogP contribution in [0.15, 0.2) is 48.5 Å². The molecule has 2 aliphatic rings. The molecular formula is C28H39N3O2. The first-order valence-corrected chi connectivity index (χ1v) is 12.6. The third-order valence-electron chi connectivity index (χ3n) is 7.27. The predicted molar refractivity (Wildman–Crippen MR) is 133 cm³/mol. The molecule has 1 fully saturated rings. The fraction of sp³-hybridized carbons (Fsp3) is 0.536. The van der Waals surface area contributed by atoms with E-state index in [4.69, 9.17) is 0 Å². The van der Waals surface area contributed by atoms with Gasteiger partial charge in [0.25, 0.3) is 5.91 Å². The maximum Gasteiger partial charge on any atom is 0.251 e. The van der Waals surface area contributed by atoms with E-state index in [1.54, 1.807) is 0 Å². The van der Waals surface area contributed by atoms with Crippen LogP contribution >= 0.6 is 0 Å². The van der Waals surface area contributed by atoms with Crippen LogP contribution in [0.3, 0.4) is 0 Å². The van der Waals surface area contributed by atoms with Crippen LogP contribution in [-0.4, -0.2) is 65.7 Å². The van der Waals surface area contributed by atoms with Crippen molar-refractivity contribution in [3.8, 4) is 0 Å². The minimum absolute atomic E-state index is 0.102. The van der Waals surface area contributed by atoms with Gasteiger partial charge in [-0.25, -0.2) is 0 Å². The van der Waals surface area contributed by atoms with Gasteiger partial charge in [-0.1, -0.05) is 36.4 Å². The highest BCUT2D eigenvalue weighted by Gasteiger charge is 2.22. The number of benzene rings is 2. The molecule has 0 radical (unpaired) electrons. The molecule has 1 amide bonds. The summed E-state index contributed by atoms with van der Waals surface area (Å²) in [5, 5.41) is 13.5. The Hall–Kier alpha value is -2.21. The summed E-state index contributed by atoms with van der Waals surface area (Å²) in [4.78, 5) is 17.5. The highest BCUT2D eigenvalue weighted by atomic mass is 16.3. The fourth-order valence-corrected chi connectivity index (χ4v) is 5.23. The second-order valence-corrected chi connectivity index (χ2v) is 10.1. The van der Waals surface area contributed by atoms with Crippen LogP contribution in [0.1, 0.15) is 53.7 Å². The summed E-state index contributed by atoms with van der Waals surface area (Å²) in [5.41, 5.74) is 4.66. The number of amides is 1. The molecule has 178 valence electrons. The zero-order valence-corrected chi connectivity index (χ0v) is 20.2.